The Bertz CT molecular complexity index is 859. The first kappa shape index (κ1) is 26.4. The number of anilines is 1. The smallest absolute Gasteiger partial charge is 0.322 e. The van der Waals surface area contributed by atoms with Crippen LogP contribution in [0.2, 0.25) is 0 Å². The molecule has 0 radical (unpaired) electrons. The number of unbranched alkanes of at least 4 members (excludes halogenated alkanes) is 4. The number of methoxy groups -OCH3 is 2. The molecule has 1 N–H and O–H groups in total. The summed E-state index contributed by atoms with van der Waals surface area (Å²) >= 11 is 0. The van der Waals surface area contributed by atoms with Crippen LogP contribution in [0.25, 0.3) is 0 Å². The third-order valence-electron chi connectivity index (χ3n) is 5.19. The van der Waals surface area contributed by atoms with Gasteiger partial charge in [0.1, 0.15) is 22.8 Å². The van der Waals surface area contributed by atoms with Gasteiger partial charge in [-0.15, -0.1) is 0 Å². The monoisotopic (exact) mass is 456 g/mol. The molecule has 0 bridgehead atoms. The van der Waals surface area contributed by atoms with Crippen molar-refractivity contribution in [2.24, 2.45) is 0 Å². The number of urea groups is 1. The molecule has 6 nitrogen and oxygen atoms in total. The van der Waals surface area contributed by atoms with Crippen LogP contribution < -0.4 is 19.5 Å². The van der Waals surface area contributed by atoms with Gasteiger partial charge in [-0.1, -0.05) is 44.7 Å². The SMILES string of the molecule is CCCCCCCN(Cc1ccc(OC(C)(C)C)cc1)C(=O)Nc1ccc(OC)cc1OC. The number of benzene rings is 2. The maximum absolute atomic E-state index is 13.2. The van der Waals surface area contributed by atoms with Crippen molar-refractivity contribution >= 4 is 11.7 Å². The second-order valence-corrected chi connectivity index (χ2v) is 9.19. The Kier molecular flexibility index (Phi) is 10.4. The predicted octanol–water partition coefficient (Wildman–Crippen LogP) is 6.89. The molecule has 33 heavy (non-hydrogen) atoms. The average molecular weight is 457 g/mol. The third kappa shape index (κ3) is 9.24. The number of carbonyl (C=O) groups excluding carboxylic acids is 1. The summed E-state index contributed by atoms with van der Waals surface area (Å²) in [5, 5.41) is 3.01. The van der Waals surface area contributed by atoms with E-state index in [-0.39, 0.29) is 11.6 Å². The zero-order valence-electron chi connectivity index (χ0n) is 21.1. The van der Waals surface area contributed by atoms with Crippen LogP contribution in [0.3, 0.4) is 0 Å². The van der Waals surface area contributed by atoms with Gasteiger partial charge in [0.25, 0.3) is 0 Å². The Morgan fingerprint density at radius 2 is 1.58 bits per heavy atom. The maximum Gasteiger partial charge on any atom is 0.322 e. The summed E-state index contributed by atoms with van der Waals surface area (Å²) < 4.78 is 16.6. The summed E-state index contributed by atoms with van der Waals surface area (Å²) in [6, 6.07) is 13.2. The molecular formula is C27H40N2O4. The van der Waals surface area contributed by atoms with E-state index in [0.29, 0.717) is 30.3 Å². The molecule has 182 valence electrons. The first-order valence-corrected chi connectivity index (χ1v) is 11.8. The molecule has 0 aliphatic heterocycles. The van der Waals surface area contributed by atoms with Gasteiger partial charge < -0.3 is 24.4 Å². The van der Waals surface area contributed by atoms with Gasteiger partial charge in [-0.25, -0.2) is 4.79 Å². The number of hydrogen-bond acceptors (Lipinski definition) is 4. The summed E-state index contributed by atoms with van der Waals surface area (Å²) in [5.74, 6) is 2.06. The van der Waals surface area contributed by atoms with E-state index in [1.165, 1.54) is 19.3 Å². The van der Waals surface area contributed by atoms with Crippen LogP contribution >= 0.6 is 0 Å². The average Bonchev–Trinajstić information content (AvgIpc) is 2.78. The van der Waals surface area contributed by atoms with Gasteiger partial charge in [0, 0.05) is 19.2 Å². The highest BCUT2D eigenvalue weighted by molar-refractivity contribution is 5.91. The summed E-state index contributed by atoms with van der Waals surface area (Å²) in [4.78, 5) is 15.1. The van der Waals surface area contributed by atoms with Gasteiger partial charge >= 0.3 is 6.03 Å². The molecule has 0 heterocycles. The highest BCUT2D eigenvalue weighted by atomic mass is 16.5. The molecule has 0 saturated heterocycles. The molecular weight excluding hydrogens is 416 g/mol. The molecule has 0 aliphatic rings. The summed E-state index contributed by atoms with van der Waals surface area (Å²) in [5.41, 5.74) is 1.43. The van der Waals surface area contributed by atoms with Crippen molar-refractivity contribution in [1.82, 2.24) is 4.90 Å². The van der Waals surface area contributed by atoms with Crippen LogP contribution in [0.5, 0.6) is 17.2 Å². The minimum Gasteiger partial charge on any atom is -0.497 e. The molecule has 2 amide bonds. The number of nitrogens with zero attached hydrogens (tertiary/aromatic N) is 1. The van der Waals surface area contributed by atoms with Crippen molar-refractivity contribution in [3.8, 4) is 17.2 Å². The Morgan fingerprint density at radius 1 is 0.909 bits per heavy atom. The first-order valence-electron chi connectivity index (χ1n) is 11.8. The lowest BCUT2D eigenvalue weighted by Crippen LogP contribution is -2.35. The van der Waals surface area contributed by atoms with Gasteiger partial charge in [-0.2, -0.15) is 0 Å². The van der Waals surface area contributed by atoms with Gasteiger partial charge in [0.2, 0.25) is 0 Å². The van der Waals surface area contributed by atoms with Crippen LogP contribution in [0.1, 0.15) is 65.4 Å². The van der Waals surface area contributed by atoms with Crippen LogP contribution in [-0.4, -0.2) is 37.3 Å². The minimum absolute atomic E-state index is 0.149. The van der Waals surface area contributed by atoms with E-state index >= 15 is 0 Å². The third-order valence-corrected chi connectivity index (χ3v) is 5.19. The molecule has 6 heteroatoms. The maximum atomic E-state index is 13.2. The number of ether oxygens (including phenoxy) is 3. The number of nitrogens with one attached hydrogen (secondary N) is 1. The fourth-order valence-corrected chi connectivity index (χ4v) is 3.49. The summed E-state index contributed by atoms with van der Waals surface area (Å²) in [6.45, 7) is 9.49. The van der Waals surface area contributed by atoms with Gasteiger partial charge in [-0.05, 0) is 57.0 Å². The number of rotatable bonds is 12. The van der Waals surface area contributed by atoms with Crippen LogP contribution in [-0.2, 0) is 6.54 Å². The molecule has 2 rings (SSSR count). The van der Waals surface area contributed by atoms with E-state index in [1.54, 1.807) is 32.4 Å². The van der Waals surface area contributed by atoms with Crippen molar-refractivity contribution in [3.05, 3.63) is 48.0 Å². The fourth-order valence-electron chi connectivity index (χ4n) is 3.49. The van der Waals surface area contributed by atoms with Crippen molar-refractivity contribution in [3.63, 3.8) is 0 Å². The molecule has 2 aromatic carbocycles. The van der Waals surface area contributed by atoms with Crippen LogP contribution in [0, 0.1) is 0 Å². The topological polar surface area (TPSA) is 60.0 Å². The Hall–Kier alpha value is -2.89. The second-order valence-electron chi connectivity index (χ2n) is 9.19. The lowest BCUT2D eigenvalue weighted by atomic mass is 10.1. The Balaban J connectivity index is 2.11. The normalized spacial score (nSPS) is 11.1. The van der Waals surface area contributed by atoms with Crippen LogP contribution in [0.4, 0.5) is 10.5 Å². The van der Waals surface area contributed by atoms with Crippen molar-refractivity contribution in [2.45, 2.75) is 71.9 Å². The highest BCUT2D eigenvalue weighted by Crippen LogP contribution is 2.29. The Labute approximate surface area is 199 Å². The molecule has 2 aromatic rings. The fraction of sp³-hybridized carbons (Fsp3) is 0.519. The summed E-state index contributed by atoms with van der Waals surface area (Å²) in [6.07, 6.45) is 5.70. The first-order chi connectivity index (χ1) is 15.8. The zero-order chi connectivity index (χ0) is 24.3. The Morgan fingerprint density at radius 3 is 2.18 bits per heavy atom. The van der Waals surface area contributed by atoms with Crippen molar-refractivity contribution in [2.75, 3.05) is 26.1 Å². The molecule has 0 fully saturated rings. The number of amides is 2. The lowest BCUT2D eigenvalue weighted by molar-refractivity contribution is 0.131. The second kappa shape index (κ2) is 13.0. The minimum atomic E-state index is -0.247. The van der Waals surface area contributed by atoms with Crippen molar-refractivity contribution < 1.29 is 19.0 Å². The van der Waals surface area contributed by atoms with E-state index in [0.717, 1.165) is 24.2 Å². The zero-order valence-corrected chi connectivity index (χ0v) is 21.1. The van der Waals surface area contributed by atoms with E-state index in [9.17, 15) is 4.79 Å². The molecule has 0 saturated carbocycles. The van der Waals surface area contributed by atoms with Crippen molar-refractivity contribution in [1.29, 1.82) is 0 Å². The van der Waals surface area contributed by atoms with E-state index < -0.39 is 0 Å². The quantitative estimate of drug-likeness (QED) is 0.353. The predicted molar refractivity (Wildman–Crippen MR) is 135 cm³/mol. The van der Waals surface area contributed by atoms with Gasteiger partial charge in [-0.3, -0.25) is 0 Å². The van der Waals surface area contributed by atoms with Gasteiger partial charge in [0.15, 0.2) is 0 Å². The van der Waals surface area contributed by atoms with E-state index in [4.69, 9.17) is 14.2 Å². The van der Waals surface area contributed by atoms with E-state index in [2.05, 4.69) is 12.2 Å². The molecule has 0 atom stereocenters. The molecule has 0 aliphatic carbocycles. The van der Waals surface area contributed by atoms with E-state index in [1.807, 2.05) is 49.9 Å². The largest absolute Gasteiger partial charge is 0.497 e. The highest BCUT2D eigenvalue weighted by Gasteiger charge is 2.17. The number of hydrogen-bond donors (Lipinski definition) is 1. The lowest BCUT2D eigenvalue weighted by Gasteiger charge is -2.25. The number of carbonyl (C=O) groups is 1. The standard InChI is InChI=1S/C27H40N2O4/c1-7-8-9-10-11-18-29(20-21-12-14-22(15-13-21)33-27(2,3)4)26(30)28-24-17-16-23(31-5)19-25(24)32-6/h12-17,19H,7-11,18,20H2,1-6H3,(H,28,30). The molecule has 0 unspecified atom stereocenters. The molecule has 0 aromatic heterocycles. The molecule has 0 spiro atoms. The van der Waals surface area contributed by atoms with Gasteiger partial charge in [0.05, 0.1) is 19.9 Å². The summed E-state index contributed by atoms with van der Waals surface area (Å²) in [7, 11) is 3.18. The van der Waals surface area contributed by atoms with Crippen LogP contribution in [0.15, 0.2) is 42.5 Å².